The molecule has 3 heteroatoms. The van der Waals surface area contributed by atoms with Gasteiger partial charge in [-0.1, -0.05) is 30.3 Å². The number of thiazole rings is 1. The number of nitrogens with one attached hydrogen (secondary N) is 1. The molecule has 0 atom stereocenters. The summed E-state index contributed by atoms with van der Waals surface area (Å²) in [7, 11) is 0. The summed E-state index contributed by atoms with van der Waals surface area (Å²) in [6, 6.07) is 13.0. The molecule has 0 amide bonds. The fourth-order valence-electron chi connectivity index (χ4n) is 2.93. The Morgan fingerprint density at radius 3 is 2.95 bits per heavy atom. The Balaban J connectivity index is 1.93. The Morgan fingerprint density at radius 1 is 1.15 bits per heavy atom. The molecule has 1 aromatic heterocycles. The van der Waals surface area contributed by atoms with Gasteiger partial charge in [-0.2, -0.15) is 0 Å². The predicted molar refractivity (Wildman–Crippen MR) is 85.2 cm³/mol. The molecule has 0 fully saturated rings. The third kappa shape index (κ3) is 1.86. The van der Waals surface area contributed by atoms with Crippen LogP contribution in [0.2, 0.25) is 0 Å². The summed E-state index contributed by atoms with van der Waals surface area (Å²) in [5, 5.41) is 4.60. The Kier molecular flexibility index (Phi) is 2.83. The van der Waals surface area contributed by atoms with Gasteiger partial charge in [0.05, 0.1) is 10.2 Å². The smallest absolute Gasteiger partial charge is 0.124 e. The highest BCUT2D eigenvalue weighted by molar-refractivity contribution is 7.21. The van der Waals surface area contributed by atoms with Gasteiger partial charge in [-0.15, -0.1) is 11.3 Å². The van der Waals surface area contributed by atoms with Gasteiger partial charge in [0.15, 0.2) is 0 Å². The number of fused-ring (bicyclic) bond motifs is 2. The lowest BCUT2D eigenvalue weighted by Gasteiger charge is -2.19. The van der Waals surface area contributed by atoms with Crippen LogP contribution in [0.1, 0.15) is 16.7 Å². The van der Waals surface area contributed by atoms with Gasteiger partial charge in [0, 0.05) is 12.1 Å². The molecule has 1 aliphatic rings. The molecule has 0 radical (unpaired) electrons. The van der Waals surface area contributed by atoms with Crippen molar-refractivity contribution in [3.8, 4) is 10.6 Å². The number of benzene rings is 2. The lowest BCUT2D eigenvalue weighted by Crippen LogP contribution is -2.23. The fraction of sp³-hybridized carbons (Fsp3) is 0.235. The molecule has 0 bridgehead atoms. The zero-order chi connectivity index (χ0) is 13.5. The van der Waals surface area contributed by atoms with E-state index in [9.17, 15) is 0 Å². The maximum absolute atomic E-state index is 4.89. The standard InChI is InChI=1S/C17H16N2S/c1-11-4-2-7-15-16(11)19-17(20-15)14-6-3-5-12-10-18-9-8-13(12)14/h2-7,18H,8-10H2,1H3. The van der Waals surface area contributed by atoms with E-state index < -0.39 is 0 Å². The summed E-state index contributed by atoms with van der Waals surface area (Å²) in [5.74, 6) is 0. The highest BCUT2D eigenvalue weighted by Gasteiger charge is 2.16. The molecule has 2 nitrogen and oxygen atoms in total. The molecule has 2 heterocycles. The summed E-state index contributed by atoms with van der Waals surface area (Å²) in [5.41, 5.74) is 6.63. The molecular formula is C17H16N2S. The molecule has 1 aliphatic heterocycles. The van der Waals surface area contributed by atoms with Gasteiger partial charge in [0.25, 0.3) is 0 Å². The SMILES string of the molecule is Cc1cccc2sc(-c3cccc4c3CCNC4)nc12. The fourth-order valence-corrected chi connectivity index (χ4v) is 4.03. The van der Waals surface area contributed by atoms with E-state index in [0.29, 0.717) is 0 Å². The van der Waals surface area contributed by atoms with Gasteiger partial charge in [0.1, 0.15) is 5.01 Å². The predicted octanol–water partition coefficient (Wildman–Crippen LogP) is 3.92. The van der Waals surface area contributed by atoms with Crippen LogP contribution in [0.4, 0.5) is 0 Å². The second-order valence-electron chi connectivity index (χ2n) is 5.31. The van der Waals surface area contributed by atoms with Gasteiger partial charge < -0.3 is 5.32 Å². The second kappa shape index (κ2) is 4.69. The Morgan fingerprint density at radius 2 is 2.05 bits per heavy atom. The van der Waals surface area contributed by atoms with E-state index >= 15 is 0 Å². The number of rotatable bonds is 1. The number of aromatic nitrogens is 1. The first-order valence-corrected chi connectivity index (χ1v) is 7.82. The van der Waals surface area contributed by atoms with Crippen molar-refractivity contribution in [1.82, 2.24) is 10.3 Å². The molecule has 0 saturated carbocycles. The number of aryl methyl sites for hydroxylation is 1. The van der Waals surface area contributed by atoms with E-state index in [4.69, 9.17) is 4.98 Å². The van der Waals surface area contributed by atoms with Gasteiger partial charge in [0.2, 0.25) is 0 Å². The van der Waals surface area contributed by atoms with Crippen LogP contribution in [-0.4, -0.2) is 11.5 Å². The van der Waals surface area contributed by atoms with Gasteiger partial charge in [-0.05, 0) is 42.6 Å². The van der Waals surface area contributed by atoms with Crippen molar-refractivity contribution in [1.29, 1.82) is 0 Å². The highest BCUT2D eigenvalue weighted by atomic mass is 32.1. The maximum atomic E-state index is 4.89. The van der Waals surface area contributed by atoms with Crippen LogP contribution in [0.5, 0.6) is 0 Å². The van der Waals surface area contributed by atoms with Gasteiger partial charge in [-0.3, -0.25) is 0 Å². The zero-order valence-corrected chi connectivity index (χ0v) is 12.3. The van der Waals surface area contributed by atoms with E-state index in [1.54, 1.807) is 11.3 Å². The zero-order valence-electron chi connectivity index (χ0n) is 11.4. The lowest BCUT2D eigenvalue weighted by molar-refractivity contribution is 0.645. The van der Waals surface area contributed by atoms with Crippen molar-refractivity contribution >= 4 is 21.6 Å². The molecule has 3 aromatic rings. The molecule has 0 saturated heterocycles. The Labute approximate surface area is 122 Å². The van der Waals surface area contributed by atoms with Crippen LogP contribution in [0.25, 0.3) is 20.8 Å². The molecule has 20 heavy (non-hydrogen) atoms. The van der Waals surface area contributed by atoms with Crippen molar-refractivity contribution in [2.75, 3.05) is 6.54 Å². The molecule has 4 rings (SSSR count). The summed E-state index contributed by atoms with van der Waals surface area (Å²) >= 11 is 1.81. The quantitative estimate of drug-likeness (QED) is 0.731. The van der Waals surface area contributed by atoms with E-state index in [0.717, 1.165) is 30.0 Å². The van der Waals surface area contributed by atoms with Crippen molar-refractivity contribution < 1.29 is 0 Å². The normalized spacial score (nSPS) is 14.4. The average molecular weight is 280 g/mol. The van der Waals surface area contributed by atoms with Gasteiger partial charge in [-0.25, -0.2) is 4.98 Å². The van der Waals surface area contributed by atoms with E-state index in [2.05, 4.69) is 48.6 Å². The topological polar surface area (TPSA) is 24.9 Å². The van der Waals surface area contributed by atoms with E-state index in [-0.39, 0.29) is 0 Å². The van der Waals surface area contributed by atoms with Crippen LogP contribution in [0.15, 0.2) is 36.4 Å². The minimum atomic E-state index is 0.979. The number of para-hydroxylation sites is 1. The largest absolute Gasteiger partial charge is 0.312 e. The van der Waals surface area contributed by atoms with Crippen LogP contribution < -0.4 is 5.32 Å². The van der Waals surface area contributed by atoms with E-state index in [1.807, 2.05) is 0 Å². The van der Waals surface area contributed by atoms with Crippen molar-refractivity contribution in [3.63, 3.8) is 0 Å². The Bertz CT molecular complexity index is 789. The van der Waals surface area contributed by atoms with Crippen LogP contribution in [0.3, 0.4) is 0 Å². The molecule has 1 N–H and O–H groups in total. The molecule has 0 spiro atoms. The molecule has 0 unspecified atom stereocenters. The van der Waals surface area contributed by atoms with Crippen LogP contribution in [-0.2, 0) is 13.0 Å². The van der Waals surface area contributed by atoms with Crippen LogP contribution >= 0.6 is 11.3 Å². The first-order valence-electron chi connectivity index (χ1n) is 7.01. The van der Waals surface area contributed by atoms with Crippen molar-refractivity contribution in [2.45, 2.75) is 19.9 Å². The molecule has 2 aromatic carbocycles. The summed E-state index contributed by atoms with van der Waals surface area (Å²) in [4.78, 5) is 4.89. The molecular weight excluding hydrogens is 264 g/mol. The summed E-state index contributed by atoms with van der Waals surface area (Å²) in [6.07, 6.45) is 1.10. The number of nitrogens with zero attached hydrogens (tertiary/aromatic N) is 1. The molecule has 0 aliphatic carbocycles. The van der Waals surface area contributed by atoms with Gasteiger partial charge >= 0.3 is 0 Å². The minimum Gasteiger partial charge on any atom is -0.312 e. The number of hydrogen-bond acceptors (Lipinski definition) is 3. The minimum absolute atomic E-state index is 0.979. The summed E-state index contributed by atoms with van der Waals surface area (Å²) < 4.78 is 1.28. The maximum Gasteiger partial charge on any atom is 0.124 e. The van der Waals surface area contributed by atoms with E-state index in [1.165, 1.54) is 27.0 Å². The summed E-state index contributed by atoms with van der Waals surface area (Å²) in [6.45, 7) is 4.18. The highest BCUT2D eigenvalue weighted by Crippen LogP contribution is 2.35. The Hall–Kier alpha value is -1.71. The first-order chi connectivity index (χ1) is 9.83. The molecule has 100 valence electrons. The third-order valence-corrected chi connectivity index (χ3v) is 5.05. The third-order valence-electron chi connectivity index (χ3n) is 3.99. The first kappa shape index (κ1) is 12.1. The monoisotopic (exact) mass is 280 g/mol. The van der Waals surface area contributed by atoms with Crippen molar-refractivity contribution in [3.05, 3.63) is 53.1 Å². The number of hydrogen-bond donors (Lipinski definition) is 1. The lowest BCUT2D eigenvalue weighted by atomic mass is 9.96. The van der Waals surface area contributed by atoms with Crippen LogP contribution in [0, 0.1) is 6.92 Å². The van der Waals surface area contributed by atoms with Crippen molar-refractivity contribution in [2.24, 2.45) is 0 Å². The average Bonchev–Trinajstić information content (AvgIpc) is 2.92. The second-order valence-corrected chi connectivity index (χ2v) is 6.34.